The zero-order valence-electron chi connectivity index (χ0n) is 17.8. The van der Waals surface area contributed by atoms with Crippen LogP contribution in [-0.4, -0.2) is 16.8 Å². The highest BCUT2D eigenvalue weighted by Gasteiger charge is 2.12. The predicted octanol–water partition coefficient (Wildman–Crippen LogP) is 6.84. The van der Waals surface area contributed by atoms with E-state index in [0.29, 0.717) is 0 Å². The molecule has 0 saturated carbocycles. The van der Waals surface area contributed by atoms with Crippen LogP contribution >= 0.6 is 0 Å². The number of ether oxygens (including phenoxy) is 1. The third-order valence-corrected chi connectivity index (χ3v) is 5.23. The third-order valence-electron chi connectivity index (χ3n) is 5.23. The maximum atomic E-state index is 5.79. The van der Waals surface area contributed by atoms with Crippen LogP contribution in [0, 0.1) is 13.8 Å². The number of nitrogens with one attached hydrogen (secondary N) is 1. The summed E-state index contributed by atoms with van der Waals surface area (Å²) in [6.07, 6.45) is 2.19. The van der Waals surface area contributed by atoms with E-state index in [4.69, 9.17) is 4.74 Å². The van der Waals surface area contributed by atoms with Crippen molar-refractivity contribution >= 4 is 22.3 Å². The van der Waals surface area contributed by atoms with Crippen molar-refractivity contribution in [2.24, 2.45) is 0 Å². The summed E-state index contributed by atoms with van der Waals surface area (Å²) in [5.41, 5.74) is 5.33. The number of anilines is 2. The summed E-state index contributed by atoms with van der Waals surface area (Å²) < 4.78 is 5.79. The van der Waals surface area contributed by atoms with Gasteiger partial charge in [0.25, 0.3) is 0 Å². The molecule has 0 aliphatic rings. The lowest BCUT2D eigenvalue weighted by molar-refractivity contribution is 0.309. The molecule has 3 aromatic carbocycles. The highest BCUT2D eigenvalue weighted by atomic mass is 16.5. The molecule has 4 heteroatoms. The second-order valence-corrected chi connectivity index (χ2v) is 7.61. The SMILES string of the molecule is CCCCOc1ccc(-c2nnc(Nc3cc(C)ccc3C)c3ccccc23)cc1. The summed E-state index contributed by atoms with van der Waals surface area (Å²) in [5, 5.41) is 14.7. The first-order valence-corrected chi connectivity index (χ1v) is 10.5. The van der Waals surface area contributed by atoms with Gasteiger partial charge in [-0.25, -0.2) is 0 Å². The van der Waals surface area contributed by atoms with E-state index >= 15 is 0 Å². The van der Waals surface area contributed by atoms with E-state index in [1.165, 1.54) is 11.1 Å². The largest absolute Gasteiger partial charge is 0.494 e. The lowest BCUT2D eigenvalue weighted by atomic mass is 10.0. The molecule has 0 aliphatic carbocycles. The number of unbranched alkanes of at least 4 members (excludes halogenated alkanes) is 1. The standard InChI is InChI=1S/C26H27N3O/c1-4-5-16-30-21-14-12-20(13-15-21)25-22-8-6-7-9-23(22)26(29-28-25)27-24-17-18(2)10-11-19(24)3/h6-15,17H,4-5,16H2,1-3H3,(H,27,29). The van der Waals surface area contributed by atoms with Gasteiger partial charge in [0, 0.05) is 22.0 Å². The van der Waals surface area contributed by atoms with Crippen LogP contribution in [0.1, 0.15) is 30.9 Å². The van der Waals surface area contributed by atoms with Crippen LogP contribution < -0.4 is 10.1 Å². The summed E-state index contributed by atoms with van der Waals surface area (Å²) in [4.78, 5) is 0. The Morgan fingerprint density at radius 2 is 1.63 bits per heavy atom. The fourth-order valence-corrected chi connectivity index (χ4v) is 3.45. The first-order chi connectivity index (χ1) is 14.7. The van der Waals surface area contributed by atoms with Gasteiger partial charge in [0.1, 0.15) is 11.4 Å². The Hall–Kier alpha value is -3.40. The van der Waals surface area contributed by atoms with Crippen LogP contribution in [0.3, 0.4) is 0 Å². The molecule has 0 fully saturated rings. The van der Waals surface area contributed by atoms with E-state index in [1.54, 1.807) is 0 Å². The molecule has 152 valence electrons. The maximum Gasteiger partial charge on any atom is 0.161 e. The van der Waals surface area contributed by atoms with Gasteiger partial charge in [-0.3, -0.25) is 0 Å². The maximum absolute atomic E-state index is 5.79. The number of benzene rings is 3. The molecule has 0 amide bonds. The Bertz CT molecular complexity index is 1150. The molecule has 4 aromatic rings. The molecule has 0 atom stereocenters. The highest BCUT2D eigenvalue weighted by Crippen LogP contribution is 2.32. The van der Waals surface area contributed by atoms with Crippen LogP contribution in [0.4, 0.5) is 11.5 Å². The highest BCUT2D eigenvalue weighted by molar-refractivity contribution is 6.00. The first-order valence-electron chi connectivity index (χ1n) is 10.5. The topological polar surface area (TPSA) is 47.0 Å². The Kier molecular flexibility index (Phi) is 5.94. The van der Waals surface area contributed by atoms with E-state index < -0.39 is 0 Å². The second kappa shape index (κ2) is 8.95. The predicted molar refractivity (Wildman–Crippen MR) is 125 cm³/mol. The molecule has 4 nitrogen and oxygen atoms in total. The normalized spacial score (nSPS) is 10.9. The summed E-state index contributed by atoms with van der Waals surface area (Å²) in [6, 6.07) is 22.7. The summed E-state index contributed by atoms with van der Waals surface area (Å²) in [5.74, 6) is 1.65. The van der Waals surface area contributed by atoms with Crippen LogP contribution in [0.5, 0.6) is 5.75 Å². The van der Waals surface area contributed by atoms with Crippen molar-refractivity contribution in [2.75, 3.05) is 11.9 Å². The molecule has 1 aromatic heterocycles. The van der Waals surface area contributed by atoms with Gasteiger partial charge in [-0.15, -0.1) is 10.2 Å². The number of aryl methyl sites for hydroxylation is 2. The van der Waals surface area contributed by atoms with Gasteiger partial charge < -0.3 is 10.1 Å². The number of nitrogens with zero attached hydrogens (tertiary/aromatic N) is 2. The van der Waals surface area contributed by atoms with Gasteiger partial charge in [-0.1, -0.05) is 49.7 Å². The quantitative estimate of drug-likeness (QED) is 0.347. The fourth-order valence-electron chi connectivity index (χ4n) is 3.45. The number of aromatic nitrogens is 2. The van der Waals surface area contributed by atoms with Crippen molar-refractivity contribution in [3.63, 3.8) is 0 Å². The van der Waals surface area contributed by atoms with Crippen molar-refractivity contribution in [1.82, 2.24) is 10.2 Å². The van der Waals surface area contributed by atoms with Gasteiger partial charge in [0.2, 0.25) is 0 Å². The van der Waals surface area contributed by atoms with Gasteiger partial charge in [0.15, 0.2) is 5.82 Å². The smallest absolute Gasteiger partial charge is 0.161 e. The molecule has 1 N–H and O–H groups in total. The van der Waals surface area contributed by atoms with Gasteiger partial charge in [-0.2, -0.15) is 0 Å². The Morgan fingerprint density at radius 1 is 0.867 bits per heavy atom. The monoisotopic (exact) mass is 397 g/mol. The van der Waals surface area contributed by atoms with E-state index in [1.807, 2.05) is 24.3 Å². The number of hydrogen-bond donors (Lipinski definition) is 1. The number of rotatable bonds is 7. The zero-order valence-corrected chi connectivity index (χ0v) is 17.8. The summed E-state index contributed by atoms with van der Waals surface area (Å²) in [7, 11) is 0. The van der Waals surface area contributed by atoms with Crippen LogP contribution in [-0.2, 0) is 0 Å². The molecule has 0 spiro atoms. The minimum atomic E-state index is 0.747. The van der Waals surface area contributed by atoms with E-state index in [9.17, 15) is 0 Å². The summed E-state index contributed by atoms with van der Waals surface area (Å²) in [6.45, 7) is 7.09. The molecule has 0 aliphatic heterocycles. The number of fused-ring (bicyclic) bond motifs is 1. The second-order valence-electron chi connectivity index (χ2n) is 7.61. The van der Waals surface area contributed by atoms with Gasteiger partial charge in [-0.05, 0) is 61.7 Å². The molecule has 30 heavy (non-hydrogen) atoms. The molecule has 1 heterocycles. The van der Waals surface area contributed by atoms with Crippen LogP contribution in [0.2, 0.25) is 0 Å². The average Bonchev–Trinajstić information content (AvgIpc) is 2.77. The van der Waals surface area contributed by atoms with Crippen molar-refractivity contribution in [3.05, 3.63) is 77.9 Å². The third kappa shape index (κ3) is 4.28. The lowest BCUT2D eigenvalue weighted by Gasteiger charge is -2.13. The molecule has 4 rings (SSSR count). The Morgan fingerprint density at radius 3 is 2.40 bits per heavy atom. The molecular formula is C26H27N3O. The van der Waals surface area contributed by atoms with Gasteiger partial charge in [0.05, 0.1) is 6.61 Å². The van der Waals surface area contributed by atoms with Crippen molar-refractivity contribution < 1.29 is 4.74 Å². The molecule has 0 saturated heterocycles. The fraction of sp³-hybridized carbons (Fsp3) is 0.231. The summed E-state index contributed by atoms with van der Waals surface area (Å²) >= 11 is 0. The van der Waals surface area contributed by atoms with Crippen LogP contribution in [0.15, 0.2) is 66.7 Å². The lowest BCUT2D eigenvalue weighted by Crippen LogP contribution is -2.01. The van der Waals surface area contributed by atoms with Gasteiger partial charge >= 0.3 is 0 Å². The first kappa shape index (κ1) is 19.9. The van der Waals surface area contributed by atoms with E-state index in [-0.39, 0.29) is 0 Å². The molecular weight excluding hydrogens is 370 g/mol. The Balaban J connectivity index is 1.68. The molecule has 0 unspecified atom stereocenters. The molecule has 0 bridgehead atoms. The zero-order chi connectivity index (χ0) is 20.9. The Labute approximate surface area is 177 Å². The minimum absolute atomic E-state index is 0.747. The van der Waals surface area contributed by atoms with Crippen molar-refractivity contribution in [2.45, 2.75) is 33.6 Å². The molecule has 0 radical (unpaired) electrons. The van der Waals surface area contributed by atoms with Crippen molar-refractivity contribution in [1.29, 1.82) is 0 Å². The van der Waals surface area contributed by atoms with E-state index in [0.717, 1.165) is 58.7 Å². The number of hydrogen-bond acceptors (Lipinski definition) is 4. The van der Waals surface area contributed by atoms with Crippen molar-refractivity contribution in [3.8, 4) is 17.0 Å². The van der Waals surface area contributed by atoms with Crippen LogP contribution in [0.25, 0.3) is 22.0 Å². The minimum Gasteiger partial charge on any atom is -0.494 e. The average molecular weight is 398 g/mol. The van der Waals surface area contributed by atoms with E-state index in [2.05, 4.69) is 78.7 Å².